The van der Waals surface area contributed by atoms with Gasteiger partial charge in [-0.25, -0.2) is 8.78 Å². The van der Waals surface area contributed by atoms with Gasteiger partial charge in [-0.3, -0.25) is 0 Å². The summed E-state index contributed by atoms with van der Waals surface area (Å²) in [6, 6.07) is 3.29. The fourth-order valence-corrected chi connectivity index (χ4v) is 1.23. The third-order valence-electron chi connectivity index (χ3n) is 1.74. The van der Waals surface area contributed by atoms with Crippen LogP contribution >= 0.6 is 0 Å². The molecule has 55 valence electrons. The molecule has 0 saturated carbocycles. The van der Waals surface area contributed by atoms with Crippen molar-refractivity contribution in [2.24, 2.45) is 0 Å². The lowest BCUT2D eigenvalue weighted by molar-refractivity contribution is 0.571. The Morgan fingerprint density at radius 1 is 1.36 bits per heavy atom. The van der Waals surface area contributed by atoms with E-state index in [1.165, 1.54) is 6.07 Å². The summed E-state index contributed by atoms with van der Waals surface area (Å²) in [7, 11) is 0. The minimum atomic E-state index is -0.632. The molecule has 11 heavy (non-hydrogen) atoms. The average molecular weight is 151 g/mol. The molecule has 1 aromatic rings. The Morgan fingerprint density at radius 3 is 3.00 bits per heavy atom. The van der Waals surface area contributed by atoms with Crippen LogP contribution in [-0.4, -0.2) is 0 Å². The number of fused-ring (bicyclic) bond motifs is 1. The van der Waals surface area contributed by atoms with Crippen LogP contribution in [0.15, 0.2) is 12.1 Å². The van der Waals surface area contributed by atoms with Crippen LogP contribution in [-0.2, 0) is 6.42 Å². The first-order valence-corrected chi connectivity index (χ1v) is 3.34. The van der Waals surface area contributed by atoms with Gasteiger partial charge < -0.3 is 0 Å². The first-order valence-electron chi connectivity index (χ1n) is 3.34. The second-order valence-electron chi connectivity index (χ2n) is 2.47. The van der Waals surface area contributed by atoms with Gasteiger partial charge in [0.05, 0.1) is 6.07 Å². The molecule has 0 fully saturated rings. The minimum absolute atomic E-state index is 0.548. The molecule has 1 radical (unpaired) electrons. The van der Waals surface area contributed by atoms with Crippen molar-refractivity contribution in [1.82, 2.24) is 0 Å². The van der Waals surface area contributed by atoms with Crippen LogP contribution < -0.4 is 0 Å². The van der Waals surface area contributed by atoms with Crippen molar-refractivity contribution in [3.63, 3.8) is 0 Å². The molecule has 2 heteroatoms. The molecular weight excluding hydrogens is 146 g/mol. The fraction of sp³-hybridized carbons (Fsp3) is 0.111. The van der Waals surface area contributed by atoms with E-state index in [0.717, 1.165) is 0 Å². The third-order valence-corrected chi connectivity index (χ3v) is 1.74. The Bertz CT molecular complexity index is 327. The van der Waals surface area contributed by atoms with Crippen molar-refractivity contribution in [3.8, 4) is 0 Å². The smallest absolute Gasteiger partial charge is 0.138 e. The number of allylic oxidation sites excluding steroid dienone is 1. The lowest BCUT2D eigenvalue weighted by atomic mass is 10.1. The lowest BCUT2D eigenvalue weighted by Gasteiger charge is -1.98. The Balaban J connectivity index is 2.66. The quantitative estimate of drug-likeness (QED) is 0.533. The van der Waals surface area contributed by atoms with Crippen molar-refractivity contribution in [2.75, 3.05) is 0 Å². The second kappa shape index (κ2) is 2.16. The predicted molar refractivity (Wildman–Crippen MR) is 37.9 cm³/mol. The van der Waals surface area contributed by atoms with E-state index in [1.807, 2.05) is 6.07 Å². The number of benzene rings is 1. The van der Waals surface area contributed by atoms with Crippen LogP contribution in [0.4, 0.5) is 8.78 Å². The van der Waals surface area contributed by atoms with E-state index in [1.54, 1.807) is 12.2 Å². The topological polar surface area (TPSA) is 0 Å². The summed E-state index contributed by atoms with van der Waals surface area (Å²) in [5, 5.41) is 0. The van der Waals surface area contributed by atoms with Crippen molar-refractivity contribution in [3.05, 3.63) is 41.0 Å². The molecule has 1 aromatic carbocycles. The SMILES string of the molecule is Fc1[c]c(F)c2c(c1)C=CC2. The highest BCUT2D eigenvalue weighted by molar-refractivity contribution is 5.59. The van der Waals surface area contributed by atoms with Crippen molar-refractivity contribution in [1.29, 1.82) is 0 Å². The van der Waals surface area contributed by atoms with Crippen LogP contribution in [0.25, 0.3) is 6.08 Å². The summed E-state index contributed by atoms with van der Waals surface area (Å²) in [6.45, 7) is 0. The van der Waals surface area contributed by atoms with Crippen molar-refractivity contribution < 1.29 is 8.78 Å². The normalized spacial score (nSPS) is 13.6. The van der Waals surface area contributed by atoms with Crippen LogP contribution in [0.2, 0.25) is 0 Å². The summed E-state index contributed by atoms with van der Waals surface area (Å²) in [6.07, 6.45) is 4.08. The van der Waals surface area contributed by atoms with Crippen molar-refractivity contribution in [2.45, 2.75) is 6.42 Å². The van der Waals surface area contributed by atoms with Crippen LogP contribution in [0.5, 0.6) is 0 Å². The van der Waals surface area contributed by atoms with E-state index in [9.17, 15) is 8.78 Å². The standard InChI is InChI=1S/C9H5F2/c10-7-4-6-2-1-3-8(6)9(11)5-7/h1-2,4H,3H2. The van der Waals surface area contributed by atoms with Gasteiger partial charge in [0.25, 0.3) is 0 Å². The maximum Gasteiger partial charge on any atom is 0.138 e. The Morgan fingerprint density at radius 2 is 2.18 bits per heavy atom. The molecule has 0 nitrogen and oxygen atoms in total. The van der Waals surface area contributed by atoms with Gasteiger partial charge in [0.1, 0.15) is 11.6 Å². The van der Waals surface area contributed by atoms with Gasteiger partial charge in [0.2, 0.25) is 0 Å². The molecule has 0 bridgehead atoms. The van der Waals surface area contributed by atoms with E-state index in [2.05, 4.69) is 0 Å². The zero-order valence-corrected chi connectivity index (χ0v) is 5.70. The molecule has 0 amide bonds. The van der Waals surface area contributed by atoms with Gasteiger partial charge in [-0.15, -0.1) is 0 Å². The Hall–Kier alpha value is -1.18. The van der Waals surface area contributed by atoms with E-state index < -0.39 is 11.6 Å². The fourth-order valence-electron chi connectivity index (χ4n) is 1.23. The molecule has 1 aliphatic rings. The van der Waals surface area contributed by atoms with E-state index >= 15 is 0 Å². The summed E-state index contributed by atoms with van der Waals surface area (Å²) in [5.41, 5.74) is 1.19. The Labute approximate surface area is 63.2 Å². The average Bonchev–Trinajstić information content (AvgIpc) is 2.34. The number of halogens is 2. The molecule has 0 spiro atoms. The van der Waals surface area contributed by atoms with Gasteiger partial charge in [0, 0.05) is 0 Å². The first-order chi connectivity index (χ1) is 5.27. The molecule has 0 atom stereocenters. The maximum absolute atomic E-state index is 12.8. The third kappa shape index (κ3) is 0.946. The van der Waals surface area contributed by atoms with E-state index in [-0.39, 0.29) is 0 Å². The monoisotopic (exact) mass is 151 g/mol. The molecule has 2 rings (SSSR count). The van der Waals surface area contributed by atoms with Gasteiger partial charge in [-0.05, 0) is 23.6 Å². The lowest BCUT2D eigenvalue weighted by Crippen LogP contribution is -1.90. The molecule has 1 aliphatic carbocycles. The highest BCUT2D eigenvalue weighted by atomic mass is 19.1. The number of hydrogen-bond acceptors (Lipinski definition) is 0. The Kier molecular flexibility index (Phi) is 1.28. The molecule has 0 heterocycles. The first kappa shape index (κ1) is 6.53. The van der Waals surface area contributed by atoms with E-state index in [4.69, 9.17) is 0 Å². The molecular formula is C9H5F2. The molecule has 0 saturated heterocycles. The second-order valence-corrected chi connectivity index (χ2v) is 2.47. The van der Waals surface area contributed by atoms with Gasteiger partial charge in [0.15, 0.2) is 0 Å². The zero-order valence-electron chi connectivity index (χ0n) is 5.70. The summed E-state index contributed by atoms with van der Waals surface area (Å²) in [4.78, 5) is 0. The molecule has 0 unspecified atom stereocenters. The van der Waals surface area contributed by atoms with Crippen LogP contribution in [0.1, 0.15) is 11.1 Å². The largest absolute Gasteiger partial charge is 0.206 e. The van der Waals surface area contributed by atoms with E-state index in [0.29, 0.717) is 17.5 Å². The zero-order chi connectivity index (χ0) is 7.84. The van der Waals surface area contributed by atoms with Crippen LogP contribution in [0, 0.1) is 17.7 Å². The summed E-state index contributed by atoms with van der Waals surface area (Å²) < 4.78 is 25.3. The number of rotatable bonds is 0. The maximum atomic E-state index is 12.8. The van der Waals surface area contributed by atoms with Gasteiger partial charge in [-0.2, -0.15) is 0 Å². The molecule has 0 aliphatic heterocycles. The van der Waals surface area contributed by atoms with Crippen molar-refractivity contribution >= 4 is 6.08 Å². The highest BCUT2D eigenvalue weighted by Crippen LogP contribution is 2.22. The summed E-state index contributed by atoms with van der Waals surface area (Å²) in [5.74, 6) is -1.20. The van der Waals surface area contributed by atoms with Gasteiger partial charge >= 0.3 is 0 Å². The highest BCUT2D eigenvalue weighted by Gasteiger charge is 2.11. The molecule has 0 aromatic heterocycles. The molecule has 0 N–H and O–H groups in total. The summed E-state index contributed by atoms with van der Waals surface area (Å²) >= 11 is 0. The predicted octanol–water partition coefficient (Wildman–Crippen LogP) is 2.33. The van der Waals surface area contributed by atoms with Gasteiger partial charge in [-0.1, -0.05) is 12.2 Å². The number of hydrogen-bond donors (Lipinski definition) is 0. The minimum Gasteiger partial charge on any atom is -0.206 e. The van der Waals surface area contributed by atoms with Crippen LogP contribution in [0.3, 0.4) is 0 Å².